The topological polar surface area (TPSA) is 66.0 Å². The number of ether oxygens (including phenoxy) is 1. The summed E-state index contributed by atoms with van der Waals surface area (Å²) in [5.41, 5.74) is 2.42. The summed E-state index contributed by atoms with van der Waals surface area (Å²) in [7, 11) is 0. The zero-order chi connectivity index (χ0) is 26.7. The van der Waals surface area contributed by atoms with Gasteiger partial charge < -0.3 is 14.5 Å². The molecule has 0 saturated carbocycles. The summed E-state index contributed by atoms with van der Waals surface area (Å²) < 4.78 is 5.82. The van der Waals surface area contributed by atoms with Crippen LogP contribution in [0.1, 0.15) is 48.2 Å². The van der Waals surface area contributed by atoms with Crippen molar-refractivity contribution in [3.8, 4) is 0 Å². The third kappa shape index (κ3) is 5.73. The Morgan fingerprint density at radius 1 is 0.842 bits per heavy atom. The molecular formula is C31H36N4O3. The molecule has 2 aliphatic rings. The number of piperazine rings is 2. The lowest BCUT2D eigenvalue weighted by molar-refractivity contribution is -0.0386. The van der Waals surface area contributed by atoms with Gasteiger partial charge in [-0.2, -0.15) is 0 Å². The van der Waals surface area contributed by atoms with Gasteiger partial charge in [-0.1, -0.05) is 60.7 Å². The normalized spacial score (nSPS) is 20.2. The van der Waals surface area contributed by atoms with Crippen molar-refractivity contribution in [2.45, 2.75) is 44.4 Å². The monoisotopic (exact) mass is 512 g/mol. The number of benzene rings is 2. The van der Waals surface area contributed by atoms with Crippen molar-refractivity contribution in [2.75, 3.05) is 32.7 Å². The van der Waals surface area contributed by atoms with Crippen LogP contribution in [0.3, 0.4) is 0 Å². The van der Waals surface area contributed by atoms with E-state index in [-0.39, 0.29) is 30.0 Å². The number of hydrogen-bond donors (Lipinski definition) is 0. The minimum Gasteiger partial charge on any atom is -0.444 e. The van der Waals surface area contributed by atoms with Crippen LogP contribution in [-0.2, 0) is 4.74 Å². The number of nitrogens with zero attached hydrogens (tertiary/aromatic N) is 4. The fourth-order valence-electron chi connectivity index (χ4n) is 5.71. The van der Waals surface area contributed by atoms with Crippen molar-refractivity contribution in [1.82, 2.24) is 19.7 Å². The van der Waals surface area contributed by atoms with Gasteiger partial charge in [0, 0.05) is 63.1 Å². The molecule has 0 unspecified atom stereocenters. The number of pyridine rings is 1. The Morgan fingerprint density at radius 3 is 2.05 bits per heavy atom. The summed E-state index contributed by atoms with van der Waals surface area (Å²) in [6.07, 6.45) is 2.98. The molecule has 38 heavy (non-hydrogen) atoms. The van der Waals surface area contributed by atoms with Gasteiger partial charge in [-0.05, 0) is 44.0 Å². The SMILES string of the molecule is CC(C)(C)OC(=O)N1C[C@@H]2CN(C(=O)c3cccnc3)CCN2[C@H](C(c2ccccc2)c2ccccc2)C1. The number of carbonyl (C=O) groups is 2. The van der Waals surface area contributed by atoms with Gasteiger partial charge >= 0.3 is 6.09 Å². The molecular weight excluding hydrogens is 476 g/mol. The van der Waals surface area contributed by atoms with Crippen LogP contribution in [0.2, 0.25) is 0 Å². The van der Waals surface area contributed by atoms with E-state index in [2.05, 4.69) is 58.4 Å². The molecule has 2 saturated heterocycles. The Labute approximate surface area is 225 Å². The van der Waals surface area contributed by atoms with Crippen LogP contribution >= 0.6 is 0 Å². The average molecular weight is 513 g/mol. The Hall–Kier alpha value is -3.71. The zero-order valence-electron chi connectivity index (χ0n) is 22.4. The highest BCUT2D eigenvalue weighted by molar-refractivity contribution is 5.94. The highest BCUT2D eigenvalue weighted by atomic mass is 16.6. The molecule has 0 N–H and O–H groups in total. The molecule has 0 bridgehead atoms. The van der Waals surface area contributed by atoms with Gasteiger partial charge in [0.2, 0.25) is 0 Å². The fraction of sp³-hybridized carbons (Fsp3) is 0.387. The van der Waals surface area contributed by atoms with E-state index in [0.29, 0.717) is 31.7 Å². The fourth-order valence-corrected chi connectivity index (χ4v) is 5.71. The van der Waals surface area contributed by atoms with Gasteiger partial charge in [0.25, 0.3) is 5.91 Å². The molecule has 5 rings (SSSR count). The zero-order valence-corrected chi connectivity index (χ0v) is 22.4. The molecule has 3 heterocycles. The maximum atomic E-state index is 13.4. The van der Waals surface area contributed by atoms with Crippen molar-refractivity contribution < 1.29 is 14.3 Å². The van der Waals surface area contributed by atoms with Gasteiger partial charge in [0.05, 0.1) is 5.56 Å². The number of fused-ring (bicyclic) bond motifs is 1. The molecule has 198 valence electrons. The lowest BCUT2D eigenvalue weighted by atomic mass is 9.81. The van der Waals surface area contributed by atoms with E-state index in [9.17, 15) is 9.59 Å². The molecule has 7 nitrogen and oxygen atoms in total. The smallest absolute Gasteiger partial charge is 0.410 e. The lowest BCUT2D eigenvalue weighted by Gasteiger charge is -2.53. The summed E-state index contributed by atoms with van der Waals surface area (Å²) in [5, 5.41) is 0. The van der Waals surface area contributed by atoms with Crippen LogP contribution < -0.4 is 0 Å². The van der Waals surface area contributed by atoms with Crippen LogP contribution in [0.15, 0.2) is 85.2 Å². The largest absolute Gasteiger partial charge is 0.444 e. The summed E-state index contributed by atoms with van der Waals surface area (Å²) in [6, 6.07) is 24.6. The molecule has 3 aromatic rings. The first-order chi connectivity index (χ1) is 18.3. The first-order valence-electron chi connectivity index (χ1n) is 13.3. The standard InChI is InChI=1S/C31H36N4O3/c1-31(2,3)38-30(37)34-21-26-20-33(29(36)25-15-10-16-32-19-25)17-18-35(26)27(22-34)28(23-11-6-4-7-12-23)24-13-8-5-9-14-24/h4-16,19,26-28H,17-18,20-22H2,1-3H3/t26-,27-/m0/s1. The number of aromatic nitrogens is 1. The molecule has 2 fully saturated rings. The Kier molecular flexibility index (Phi) is 7.47. The minimum atomic E-state index is -0.586. The lowest BCUT2D eigenvalue weighted by Crippen LogP contribution is -2.68. The van der Waals surface area contributed by atoms with Crippen molar-refractivity contribution in [3.63, 3.8) is 0 Å². The van der Waals surface area contributed by atoms with Crippen molar-refractivity contribution in [1.29, 1.82) is 0 Å². The van der Waals surface area contributed by atoms with Crippen molar-refractivity contribution in [2.24, 2.45) is 0 Å². The summed E-state index contributed by atoms with van der Waals surface area (Å²) >= 11 is 0. The Bertz CT molecular complexity index is 1190. The van der Waals surface area contributed by atoms with E-state index in [0.717, 1.165) is 6.54 Å². The van der Waals surface area contributed by atoms with Gasteiger partial charge in [0.1, 0.15) is 5.60 Å². The summed E-state index contributed by atoms with van der Waals surface area (Å²) in [6.45, 7) is 8.65. The third-order valence-electron chi connectivity index (χ3n) is 7.34. The van der Waals surface area contributed by atoms with Crippen LogP contribution in [0, 0.1) is 0 Å². The highest BCUT2D eigenvalue weighted by Gasteiger charge is 2.45. The first kappa shape index (κ1) is 25.9. The molecule has 0 radical (unpaired) electrons. The number of amides is 2. The van der Waals surface area contributed by atoms with Crippen LogP contribution in [0.4, 0.5) is 4.79 Å². The van der Waals surface area contributed by atoms with Gasteiger partial charge in [-0.15, -0.1) is 0 Å². The van der Waals surface area contributed by atoms with E-state index in [1.165, 1.54) is 11.1 Å². The molecule has 0 spiro atoms. The van der Waals surface area contributed by atoms with Crippen molar-refractivity contribution in [3.05, 3.63) is 102 Å². The molecule has 2 aromatic carbocycles. The number of rotatable bonds is 4. The molecule has 2 amide bonds. The first-order valence-corrected chi connectivity index (χ1v) is 13.3. The maximum absolute atomic E-state index is 13.4. The number of hydrogen-bond acceptors (Lipinski definition) is 5. The molecule has 2 aliphatic heterocycles. The second-order valence-electron chi connectivity index (χ2n) is 11.1. The van der Waals surface area contributed by atoms with Crippen LogP contribution in [0.25, 0.3) is 0 Å². The minimum absolute atomic E-state index is 0.00874. The maximum Gasteiger partial charge on any atom is 0.410 e. The van der Waals surface area contributed by atoms with Crippen LogP contribution in [-0.4, -0.2) is 82.1 Å². The second kappa shape index (κ2) is 11.0. The highest BCUT2D eigenvalue weighted by Crippen LogP contribution is 2.36. The average Bonchev–Trinajstić information content (AvgIpc) is 2.93. The third-order valence-corrected chi connectivity index (χ3v) is 7.34. The Balaban J connectivity index is 1.49. The van der Waals surface area contributed by atoms with E-state index in [4.69, 9.17) is 4.74 Å². The summed E-state index contributed by atoms with van der Waals surface area (Å²) in [5.74, 6) is 0.0390. The van der Waals surface area contributed by atoms with E-state index < -0.39 is 5.60 Å². The molecule has 0 aliphatic carbocycles. The van der Waals surface area contributed by atoms with E-state index in [1.807, 2.05) is 42.7 Å². The number of carbonyl (C=O) groups excluding carboxylic acids is 2. The van der Waals surface area contributed by atoms with Gasteiger partial charge in [0.15, 0.2) is 0 Å². The van der Waals surface area contributed by atoms with E-state index in [1.54, 1.807) is 24.5 Å². The van der Waals surface area contributed by atoms with Crippen LogP contribution in [0.5, 0.6) is 0 Å². The van der Waals surface area contributed by atoms with Gasteiger partial charge in [-0.3, -0.25) is 14.7 Å². The predicted molar refractivity (Wildman–Crippen MR) is 147 cm³/mol. The molecule has 2 atom stereocenters. The second-order valence-corrected chi connectivity index (χ2v) is 11.1. The van der Waals surface area contributed by atoms with E-state index >= 15 is 0 Å². The molecule has 7 heteroatoms. The molecule has 1 aromatic heterocycles. The van der Waals surface area contributed by atoms with Gasteiger partial charge in [-0.25, -0.2) is 4.79 Å². The Morgan fingerprint density at radius 2 is 1.47 bits per heavy atom. The predicted octanol–water partition coefficient (Wildman–Crippen LogP) is 4.66. The summed E-state index contributed by atoms with van der Waals surface area (Å²) in [4.78, 5) is 37.0. The quantitative estimate of drug-likeness (QED) is 0.509. The van der Waals surface area contributed by atoms with Crippen molar-refractivity contribution >= 4 is 12.0 Å².